The molecule has 0 spiro atoms. The van der Waals surface area contributed by atoms with Gasteiger partial charge in [-0.05, 0) is 88.4 Å². The highest BCUT2D eigenvalue weighted by Crippen LogP contribution is 2.42. The molecule has 0 N–H and O–H groups in total. The zero-order valence-corrected chi connectivity index (χ0v) is 13.9. The Kier molecular flexibility index (Phi) is 7.57. The molecule has 0 unspecified atom stereocenters. The largest absolute Gasteiger partial charge is 0.377 e. The molecule has 2 fully saturated rings. The fraction of sp³-hybridized carbons (Fsp3) is 0.800. The van der Waals surface area contributed by atoms with Crippen LogP contribution in [0, 0.1) is 23.7 Å². The molecule has 1 nitrogen and oxygen atoms in total. The van der Waals surface area contributed by atoms with E-state index in [9.17, 15) is 0 Å². The molecule has 120 valence electrons. The smallest absolute Gasteiger partial charge is 0.0644 e. The molecule has 1 heteroatoms. The molecule has 2 aliphatic rings. The van der Waals surface area contributed by atoms with Crippen LogP contribution in [-0.2, 0) is 4.74 Å². The lowest BCUT2D eigenvalue weighted by atomic mass is 9.69. The van der Waals surface area contributed by atoms with Crippen LogP contribution in [0.2, 0.25) is 0 Å². The normalized spacial score (nSPS) is 34.1. The van der Waals surface area contributed by atoms with Gasteiger partial charge in [-0.1, -0.05) is 18.2 Å². The van der Waals surface area contributed by atoms with E-state index < -0.39 is 0 Å². The highest BCUT2D eigenvalue weighted by Gasteiger charge is 2.30. The molecule has 0 aromatic rings. The van der Waals surface area contributed by atoms with Gasteiger partial charge in [0.25, 0.3) is 0 Å². The zero-order valence-electron chi connectivity index (χ0n) is 13.9. The molecular weight excluding hydrogens is 256 g/mol. The lowest BCUT2D eigenvalue weighted by Crippen LogP contribution is -2.27. The molecule has 0 amide bonds. The first-order chi connectivity index (χ1) is 10.3. The Balaban J connectivity index is 1.63. The van der Waals surface area contributed by atoms with Crippen LogP contribution in [0.15, 0.2) is 24.8 Å². The van der Waals surface area contributed by atoms with Crippen LogP contribution < -0.4 is 0 Å². The van der Waals surface area contributed by atoms with E-state index in [1.54, 1.807) is 0 Å². The van der Waals surface area contributed by atoms with E-state index in [1.807, 2.05) is 6.08 Å². The molecule has 0 aliphatic heterocycles. The topological polar surface area (TPSA) is 9.23 Å². The molecular formula is C20H34O. The minimum atomic E-state index is 0.718. The van der Waals surface area contributed by atoms with E-state index >= 15 is 0 Å². The SMILES string of the molecule is C=CCOCC1CCC(C2CCC(CC=CC)CC2)CC1. The van der Waals surface area contributed by atoms with E-state index in [-0.39, 0.29) is 0 Å². The second kappa shape index (κ2) is 9.46. The summed E-state index contributed by atoms with van der Waals surface area (Å²) in [6, 6.07) is 0. The van der Waals surface area contributed by atoms with Gasteiger partial charge in [0.05, 0.1) is 6.61 Å². The molecule has 0 atom stereocenters. The second-order valence-electron chi connectivity index (χ2n) is 7.19. The van der Waals surface area contributed by atoms with Crippen molar-refractivity contribution in [2.24, 2.45) is 23.7 Å². The summed E-state index contributed by atoms with van der Waals surface area (Å²) in [5.41, 5.74) is 0. The van der Waals surface area contributed by atoms with Crippen molar-refractivity contribution in [1.29, 1.82) is 0 Å². The highest BCUT2D eigenvalue weighted by atomic mass is 16.5. The van der Waals surface area contributed by atoms with Crippen molar-refractivity contribution >= 4 is 0 Å². The first-order valence-electron chi connectivity index (χ1n) is 9.13. The first-order valence-corrected chi connectivity index (χ1v) is 9.13. The third kappa shape index (κ3) is 5.62. The standard InChI is InChI=1S/C20H34O/c1-3-5-6-17-7-11-19(12-8-17)20-13-9-18(10-14-20)16-21-15-4-2/h3-5,17-20H,2,6-16H2,1H3. The van der Waals surface area contributed by atoms with Crippen molar-refractivity contribution in [3.63, 3.8) is 0 Å². The minimum Gasteiger partial charge on any atom is -0.377 e. The number of ether oxygens (including phenoxy) is 1. The van der Waals surface area contributed by atoms with Gasteiger partial charge in [0.15, 0.2) is 0 Å². The highest BCUT2D eigenvalue weighted by molar-refractivity contribution is 4.86. The van der Waals surface area contributed by atoms with E-state index in [0.29, 0.717) is 0 Å². The molecule has 0 aromatic heterocycles. The van der Waals surface area contributed by atoms with Crippen LogP contribution in [0.4, 0.5) is 0 Å². The van der Waals surface area contributed by atoms with E-state index in [2.05, 4.69) is 25.7 Å². The van der Waals surface area contributed by atoms with Crippen molar-refractivity contribution in [2.75, 3.05) is 13.2 Å². The van der Waals surface area contributed by atoms with Crippen molar-refractivity contribution in [2.45, 2.75) is 64.7 Å². The fourth-order valence-electron chi connectivity index (χ4n) is 4.37. The maximum Gasteiger partial charge on any atom is 0.0644 e. The molecule has 2 rings (SSSR count). The predicted octanol–water partition coefficient (Wildman–Crippen LogP) is 5.77. The molecule has 0 saturated heterocycles. The maximum atomic E-state index is 5.63. The predicted molar refractivity (Wildman–Crippen MR) is 91.3 cm³/mol. The van der Waals surface area contributed by atoms with Gasteiger partial charge in [-0.3, -0.25) is 0 Å². The fourth-order valence-corrected chi connectivity index (χ4v) is 4.37. The second-order valence-corrected chi connectivity index (χ2v) is 7.19. The van der Waals surface area contributed by atoms with Gasteiger partial charge < -0.3 is 4.74 Å². The first kappa shape index (κ1) is 16.8. The van der Waals surface area contributed by atoms with Crippen molar-refractivity contribution < 1.29 is 4.74 Å². The molecule has 0 bridgehead atoms. The van der Waals surface area contributed by atoms with Crippen LogP contribution in [-0.4, -0.2) is 13.2 Å². The van der Waals surface area contributed by atoms with Crippen LogP contribution >= 0.6 is 0 Å². The van der Waals surface area contributed by atoms with E-state index in [1.165, 1.54) is 57.8 Å². The molecule has 0 aromatic carbocycles. The van der Waals surface area contributed by atoms with Gasteiger partial charge in [0, 0.05) is 6.61 Å². The Morgan fingerprint density at radius 3 is 2.00 bits per heavy atom. The summed E-state index contributed by atoms with van der Waals surface area (Å²) in [6.07, 6.45) is 19.3. The van der Waals surface area contributed by atoms with Crippen molar-refractivity contribution in [3.05, 3.63) is 24.8 Å². The Morgan fingerprint density at radius 2 is 1.48 bits per heavy atom. The van der Waals surface area contributed by atoms with Gasteiger partial charge in [-0.25, -0.2) is 0 Å². The Morgan fingerprint density at radius 1 is 0.905 bits per heavy atom. The average Bonchev–Trinajstić information content (AvgIpc) is 2.54. The summed E-state index contributed by atoms with van der Waals surface area (Å²) >= 11 is 0. The summed E-state index contributed by atoms with van der Waals surface area (Å²) in [5, 5.41) is 0. The van der Waals surface area contributed by atoms with Gasteiger partial charge in [0.1, 0.15) is 0 Å². The number of hydrogen-bond acceptors (Lipinski definition) is 1. The minimum absolute atomic E-state index is 0.718. The lowest BCUT2D eigenvalue weighted by molar-refractivity contribution is 0.0786. The third-order valence-electron chi connectivity index (χ3n) is 5.74. The van der Waals surface area contributed by atoms with E-state index in [0.717, 1.165) is 36.9 Å². The molecule has 0 radical (unpaired) electrons. The third-order valence-corrected chi connectivity index (χ3v) is 5.74. The quantitative estimate of drug-likeness (QED) is 0.427. The number of rotatable bonds is 7. The number of allylic oxidation sites excluding steroid dienone is 2. The summed E-state index contributed by atoms with van der Waals surface area (Å²) < 4.78 is 5.63. The molecule has 21 heavy (non-hydrogen) atoms. The monoisotopic (exact) mass is 290 g/mol. The summed E-state index contributed by atoms with van der Waals surface area (Å²) in [6.45, 7) is 7.53. The van der Waals surface area contributed by atoms with Crippen LogP contribution in [0.25, 0.3) is 0 Å². The Bertz CT molecular complexity index is 304. The summed E-state index contributed by atoms with van der Waals surface area (Å²) in [5.74, 6) is 3.83. The number of hydrogen-bond donors (Lipinski definition) is 0. The summed E-state index contributed by atoms with van der Waals surface area (Å²) in [4.78, 5) is 0. The van der Waals surface area contributed by atoms with Gasteiger partial charge in [-0.15, -0.1) is 6.58 Å². The molecule has 0 heterocycles. The Labute approximate surface area is 131 Å². The lowest BCUT2D eigenvalue weighted by Gasteiger charge is -2.37. The van der Waals surface area contributed by atoms with Gasteiger partial charge in [0.2, 0.25) is 0 Å². The Hall–Kier alpha value is -0.560. The van der Waals surface area contributed by atoms with Gasteiger partial charge >= 0.3 is 0 Å². The maximum absolute atomic E-state index is 5.63. The van der Waals surface area contributed by atoms with Crippen LogP contribution in [0.5, 0.6) is 0 Å². The zero-order chi connectivity index (χ0) is 14.9. The van der Waals surface area contributed by atoms with Crippen molar-refractivity contribution in [1.82, 2.24) is 0 Å². The van der Waals surface area contributed by atoms with E-state index in [4.69, 9.17) is 4.74 Å². The van der Waals surface area contributed by atoms with Crippen molar-refractivity contribution in [3.8, 4) is 0 Å². The molecule has 2 aliphatic carbocycles. The average molecular weight is 290 g/mol. The van der Waals surface area contributed by atoms with Crippen LogP contribution in [0.1, 0.15) is 64.7 Å². The van der Waals surface area contributed by atoms with Crippen LogP contribution in [0.3, 0.4) is 0 Å². The molecule has 2 saturated carbocycles. The van der Waals surface area contributed by atoms with Gasteiger partial charge in [-0.2, -0.15) is 0 Å². The summed E-state index contributed by atoms with van der Waals surface area (Å²) in [7, 11) is 0.